The van der Waals surface area contributed by atoms with Gasteiger partial charge in [-0.1, -0.05) is 20.8 Å². The van der Waals surface area contributed by atoms with E-state index in [9.17, 15) is 0 Å². The van der Waals surface area contributed by atoms with Crippen LogP contribution in [0.5, 0.6) is 0 Å². The van der Waals surface area contributed by atoms with Crippen molar-refractivity contribution in [1.82, 2.24) is 4.90 Å². The maximum absolute atomic E-state index is 2.39. The van der Waals surface area contributed by atoms with Crippen LogP contribution in [0.3, 0.4) is 0 Å². The molecule has 0 aliphatic heterocycles. The van der Waals surface area contributed by atoms with Gasteiger partial charge in [0.1, 0.15) is 0 Å². The van der Waals surface area contributed by atoms with Crippen LogP contribution in [0.2, 0.25) is 0 Å². The third-order valence-corrected chi connectivity index (χ3v) is 3.62. The van der Waals surface area contributed by atoms with E-state index in [-0.39, 0.29) is 0 Å². The maximum Gasteiger partial charge on any atom is 0.0258 e. The van der Waals surface area contributed by atoms with Gasteiger partial charge in [0.25, 0.3) is 0 Å². The molecule has 0 spiro atoms. The first-order valence-electron chi connectivity index (χ1n) is 4.24. The molecule has 1 aliphatic rings. The lowest BCUT2D eigenvalue weighted by Crippen LogP contribution is -2.32. The predicted molar refractivity (Wildman–Crippen MR) is 45.0 cm³/mol. The Morgan fingerprint density at radius 2 is 1.60 bits per heavy atom. The summed E-state index contributed by atoms with van der Waals surface area (Å²) in [6, 6.07) is 0. The van der Waals surface area contributed by atoms with Gasteiger partial charge in [-0.05, 0) is 32.4 Å². The van der Waals surface area contributed by atoms with E-state index in [1.807, 2.05) is 0 Å². The molecular weight excluding hydrogens is 122 g/mol. The second-order valence-electron chi connectivity index (χ2n) is 3.82. The van der Waals surface area contributed by atoms with Gasteiger partial charge in [0.15, 0.2) is 0 Å². The van der Waals surface area contributed by atoms with Gasteiger partial charge in [0, 0.05) is 5.54 Å². The van der Waals surface area contributed by atoms with E-state index in [1.54, 1.807) is 0 Å². The molecule has 2 atom stereocenters. The van der Waals surface area contributed by atoms with Crippen LogP contribution in [-0.2, 0) is 0 Å². The van der Waals surface area contributed by atoms with Crippen LogP contribution in [0.15, 0.2) is 0 Å². The first-order valence-corrected chi connectivity index (χ1v) is 4.24. The summed E-state index contributed by atoms with van der Waals surface area (Å²) in [5.41, 5.74) is 0.542. The Hall–Kier alpha value is -0.0400. The molecule has 0 aromatic heterocycles. The van der Waals surface area contributed by atoms with E-state index < -0.39 is 0 Å². The SMILES string of the molecule is CCC1(N(C)C)C(C)C1C. The maximum atomic E-state index is 2.39. The first-order chi connectivity index (χ1) is 4.57. The van der Waals surface area contributed by atoms with Crippen molar-refractivity contribution < 1.29 is 0 Å². The Morgan fingerprint density at radius 1 is 1.20 bits per heavy atom. The number of nitrogens with zero attached hydrogens (tertiary/aromatic N) is 1. The summed E-state index contributed by atoms with van der Waals surface area (Å²) in [5, 5.41) is 0. The Bertz CT molecular complexity index is 111. The van der Waals surface area contributed by atoms with E-state index in [0.717, 1.165) is 11.8 Å². The van der Waals surface area contributed by atoms with Crippen LogP contribution in [0.25, 0.3) is 0 Å². The summed E-state index contributed by atoms with van der Waals surface area (Å²) in [5.74, 6) is 1.79. The zero-order valence-electron chi connectivity index (χ0n) is 7.81. The molecule has 1 saturated carbocycles. The quantitative estimate of drug-likeness (QED) is 0.568. The topological polar surface area (TPSA) is 3.24 Å². The first kappa shape index (κ1) is 8.06. The molecule has 0 N–H and O–H groups in total. The van der Waals surface area contributed by atoms with E-state index in [0.29, 0.717) is 5.54 Å². The zero-order valence-corrected chi connectivity index (χ0v) is 7.81. The molecule has 0 aromatic carbocycles. The van der Waals surface area contributed by atoms with E-state index in [4.69, 9.17) is 0 Å². The molecule has 1 aliphatic carbocycles. The molecule has 10 heavy (non-hydrogen) atoms. The van der Waals surface area contributed by atoms with Gasteiger partial charge in [-0.3, -0.25) is 0 Å². The molecule has 2 unspecified atom stereocenters. The second-order valence-corrected chi connectivity index (χ2v) is 3.82. The minimum Gasteiger partial charge on any atom is -0.303 e. The third kappa shape index (κ3) is 0.731. The largest absolute Gasteiger partial charge is 0.303 e. The lowest BCUT2D eigenvalue weighted by Gasteiger charge is -2.24. The highest BCUT2D eigenvalue weighted by Crippen LogP contribution is 2.55. The number of rotatable bonds is 2. The highest BCUT2D eigenvalue weighted by molar-refractivity contribution is 5.12. The zero-order chi connectivity index (χ0) is 7.94. The lowest BCUT2D eigenvalue weighted by molar-refractivity contribution is 0.233. The lowest BCUT2D eigenvalue weighted by atomic mass is 10.1. The summed E-state index contributed by atoms with van der Waals surface area (Å²) in [7, 11) is 4.40. The molecule has 1 heteroatoms. The van der Waals surface area contributed by atoms with Gasteiger partial charge in [0.05, 0.1) is 0 Å². The molecule has 60 valence electrons. The highest BCUT2D eigenvalue weighted by Gasteiger charge is 2.58. The van der Waals surface area contributed by atoms with Crippen molar-refractivity contribution >= 4 is 0 Å². The van der Waals surface area contributed by atoms with Crippen LogP contribution >= 0.6 is 0 Å². The normalized spacial score (nSPS) is 46.2. The molecule has 1 fully saturated rings. The Morgan fingerprint density at radius 3 is 1.60 bits per heavy atom. The van der Waals surface area contributed by atoms with Gasteiger partial charge in [-0.25, -0.2) is 0 Å². The van der Waals surface area contributed by atoms with Crippen molar-refractivity contribution in [2.75, 3.05) is 14.1 Å². The molecule has 0 radical (unpaired) electrons. The van der Waals surface area contributed by atoms with Gasteiger partial charge in [-0.15, -0.1) is 0 Å². The Kier molecular flexibility index (Phi) is 1.80. The summed E-state index contributed by atoms with van der Waals surface area (Å²) < 4.78 is 0. The Labute approximate surface area is 64.4 Å². The molecule has 0 heterocycles. The van der Waals surface area contributed by atoms with Gasteiger partial charge in [0.2, 0.25) is 0 Å². The standard InChI is InChI=1S/C9H19N/c1-6-9(10(4)5)7(2)8(9)3/h7-8H,6H2,1-5H3. The van der Waals surface area contributed by atoms with Crippen LogP contribution < -0.4 is 0 Å². The summed E-state index contributed by atoms with van der Waals surface area (Å²) in [4.78, 5) is 2.39. The van der Waals surface area contributed by atoms with Crippen LogP contribution in [-0.4, -0.2) is 24.5 Å². The third-order valence-electron chi connectivity index (χ3n) is 3.62. The molecule has 0 saturated heterocycles. The van der Waals surface area contributed by atoms with Crippen molar-refractivity contribution in [3.8, 4) is 0 Å². The van der Waals surface area contributed by atoms with E-state index in [2.05, 4.69) is 39.8 Å². The molecule has 0 amide bonds. The fourth-order valence-electron chi connectivity index (χ4n) is 2.61. The average molecular weight is 141 g/mol. The number of hydrogen-bond donors (Lipinski definition) is 0. The minimum absolute atomic E-state index is 0.542. The van der Waals surface area contributed by atoms with Gasteiger partial charge < -0.3 is 4.90 Å². The minimum atomic E-state index is 0.542. The highest BCUT2D eigenvalue weighted by atomic mass is 15.2. The molecular formula is C9H19N. The molecule has 1 nitrogen and oxygen atoms in total. The van der Waals surface area contributed by atoms with Crippen molar-refractivity contribution in [2.24, 2.45) is 11.8 Å². The van der Waals surface area contributed by atoms with E-state index >= 15 is 0 Å². The molecule has 0 aromatic rings. The van der Waals surface area contributed by atoms with Crippen molar-refractivity contribution in [3.05, 3.63) is 0 Å². The fourth-order valence-corrected chi connectivity index (χ4v) is 2.61. The van der Waals surface area contributed by atoms with Crippen molar-refractivity contribution in [3.63, 3.8) is 0 Å². The average Bonchev–Trinajstić information content (AvgIpc) is 2.38. The van der Waals surface area contributed by atoms with Gasteiger partial charge >= 0.3 is 0 Å². The summed E-state index contributed by atoms with van der Waals surface area (Å²) >= 11 is 0. The Balaban J connectivity index is 2.66. The summed E-state index contributed by atoms with van der Waals surface area (Å²) in [6.45, 7) is 7.00. The van der Waals surface area contributed by atoms with Crippen LogP contribution in [0.4, 0.5) is 0 Å². The smallest absolute Gasteiger partial charge is 0.0258 e. The number of hydrogen-bond acceptors (Lipinski definition) is 1. The van der Waals surface area contributed by atoms with Crippen molar-refractivity contribution in [2.45, 2.75) is 32.7 Å². The molecule has 1 rings (SSSR count). The fraction of sp³-hybridized carbons (Fsp3) is 1.00. The summed E-state index contributed by atoms with van der Waals surface area (Å²) in [6.07, 6.45) is 1.29. The van der Waals surface area contributed by atoms with Crippen LogP contribution in [0, 0.1) is 11.8 Å². The van der Waals surface area contributed by atoms with Gasteiger partial charge in [-0.2, -0.15) is 0 Å². The predicted octanol–water partition coefficient (Wildman–Crippen LogP) is 1.98. The van der Waals surface area contributed by atoms with Crippen molar-refractivity contribution in [1.29, 1.82) is 0 Å². The second kappa shape index (κ2) is 2.23. The van der Waals surface area contributed by atoms with E-state index in [1.165, 1.54) is 6.42 Å². The monoisotopic (exact) mass is 141 g/mol. The molecule has 0 bridgehead atoms. The van der Waals surface area contributed by atoms with Crippen LogP contribution in [0.1, 0.15) is 27.2 Å².